The van der Waals surface area contributed by atoms with Crippen molar-refractivity contribution in [1.29, 1.82) is 0 Å². The number of rotatable bonds is 5. The molecule has 2 aliphatic heterocycles. The molecule has 5 rings (SSSR count). The van der Waals surface area contributed by atoms with Crippen LogP contribution in [0, 0.1) is 5.92 Å². The summed E-state index contributed by atoms with van der Waals surface area (Å²) in [6.45, 7) is 0.653. The Kier molecular flexibility index (Phi) is 6.14. The number of nitrogens with zero attached hydrogens (tertiary/aromatic N) is 5. The van der Waals surface area contributed by atoms with Gasteiger partial charge in [0.2, 0.25) is 5.91 Å². The Balaban J connectivity index is 1.39. The van der Waals surface area contributed by atoms with E-state index in [1.165, 1.54) is 12.1 Å². The molecular weight excluding hydrogens is 519 g/mol. The molecule has 1 amide bonds. The minimum Gasteiger partial charge on any atom is -0.339 e. The van der Waals surface area contributed by atoms with E-state index in [2.05, 4.69) is 10.1 Å². The van der Waals surface area contributed by atoms with Gasteiger partial charge in [-0.25, -0.2) is 17.9 Å². The van der Waals surface area contributed by atoms with Crippen molar-refractivity contribution in [2.24, 2.45) is 5.92 Å². The summed E-state index contributed by atoms with van der Waals surface area (Å²) in [4.78, 5) is 19.6. The fourth-order valence-electron chi connectivity index (χ4n) is 4.99. The third-order valence-electron chi connectivity index (χ3n) is 6.67. The lowest BCUT2D eigenvalue weighted by Crippen LogP contribution is -2.44. The van der Waals surface area contributed by atoms with E-state index in [1.54, 1.807) is 28.9 Å². The number of alkyl halides is 3. The number of sulfone groups is 1. The van der Waals surface area contributed by atoms with Gasteiger partial charge in [0.05, 0.1) is 29.1 Å². The molecule has 1 fully saturated rings. The molecule has 1 aromatic carbocycles. The molecule has 1 saturated heterocycles. The quantitative estimate of drug-likeness (QED) is 0.486. The van der Waals surface area contributed by atoms with Crippen LogP contribution in [0.15, 0.2) is 36.5 Å². The third-order valence-corrected chi connectivity index (χ3v) is 8.81. The first kappa shape index (κ1) is 24.8. The number of benzene rings is 1. The number of carbonyl (C=O) groups is 1. The first-order valence-electron chi connectivity index (χ1n) is 11.4. The van der Waals surface area contributed by atoms with Crippen LogP contribution in [0.3, 0.4) is 0 Å². The highest BCUT2D eigenvalue weighted by Crippen LogP contribution is 2.40. The number of aromatic nitrogens is 3. The van der Waals surface area contributed by atoms with Crippen LogP contribution in [0.5, 0.6) is 0 Å². The van der Waals surface area contributed by atoms with Gasteiger partial charge in [-0.05, 0) is 36.5 Å². The number of anilines is 2. The predicted molar refractivity (Wildman–Crippen MR) is 128 cm³/mol. The Morgan fingerprint density at radius 3 is 2.58 bits per heavy atom. The Morgan fingerprint density at radius 2 is 1.94 bits per heavy atom. The maximum Gasteiger partial charge on any atom is 0.413 e. The minimum atomic E-state index is -4.70. The van der Waals surface area contributed by atoms with E-state index in [1.807, 2.05) is 4.90 Å². The topological polar surface area (TPSA) is 87.9 Å². The van der Waals surface area contributed by atoms with E-state index in [4.69, 9.17) is 11.6 Å². The highest BCUT2D eigenvalue weighted by Gasteiger charge is 2.46. The van der Waals surface area contributed by atoms with Crippen LogP contribution in [0.25, 0.3) is 5.65 Å². The fourth-order valence-corrected chi connectivity index (χ4v) is 6.74. The highest BCUT2D eigenvalue weighted by molar-refractivity contribution is 7.92. The van der Waals surface area contributed by atoms with E-state index in [0.717, 1.165) is 31.3 Å². The Morgan fingerprint density at radius 1 is 1.25 bits per heavy atom. The lowest BCUT2D eigenvalue weighted by molar-refractivity contribution is -0.189. The van der Waals surface area contributed by atoms with Crippen molar-refractivity contribution in [3.63, 3.8) is 0 Å². The first-order valence-corrected chi connectivity index (χ1v) is 13.6. The second kappa shape index (κ2) is 8.91. The molecule has 0 bridgehead atoms. The van der Waals surface area contributed by atoms with Crippen LogP contribution in [-0.4, -0.2) is 65.1 Å². The molecule has 13 heteroatoms. The van der Waals surface area contributed by atoms with E-state index >= 15 is 0 Å². The second-order valence-corrected chi connectivity index (χ2v) is 11.8. The number of hydrogen-bond acceptors (Lipinski definition) is 6. The Labute approximate surface area is 210 Å². The van der Waals surface area contributed by atoms with Crippen LogP contribution in [-0.2, 0) is 21.1 Å². The van der Waals surface area contributed by atoms with E-state index in [0.29, 0.717) is 27.9 Å². The van der Waals surface area contributed by atoms with E-state index in [-0.39, 0.29) is 23.5 Å². The standard InChI is InChI=1S/C23H23ClF3N5O3S/c1-30(21(33)9-14-12-36(34,35)13-14)22(23(25,26)27)15-4-6-16(7-5-15)31-8-2-3-17-18(31)11-28-20-10-19(24)29-32(17)20/h4-7,10-11,14,22H,2-3,8-9,12-13H2,1H3/t22-/m0/s1. The molecule has 1 atom stereocenters. The van der Waals surface area contributed by atoms with Crippen molar-refractivity contribution >= 4 is 44.4 Å². The molecule has 0 aliphatic carbocycles. The zero-order valence-electron chi connectivity index (χ0n) is 19.2. The van der Waals surface area contributed by atoms with Gasteiger partial charge in [0.15, 0.2) is 26.7 Å². The van der Waals surface area contributed by atoms with Crippen molar-refractivity contribution < 1.29 is 26.4 Å². The maximum absolute atomic E-state index is 14.0. The zero-order valence-corrected chi connectivity index (χ0v) is 20.8. The molecule has 2 aromatic heterocycles. The van der Waals surface area contributed by atoms with Crippen LogP contribution in [0.2, 0.25) is 5.15 Å². The lowest BCUT2D eigenvalue weighted by atomic mass is 10.0. The van der Waals surface area contributed by atoms with Gasteiger partial charge in [-0.3, -0.25) is 4.79 Å². The number of fused-ring (bicyclic) bond motifs is 3. The van der Waals surface area contributed by atoms with Crippen molar-refractivity contribution in [2.45, 2.75) is 31.5 Å². The minimum absolute atomic E-state index is 0.0759. The van der Waals surface area contributed by atoms with Crippen LogP contribution in [0.1, 0.15) is 30.1 Å². The fraction of sp³-hybridized carbons (Fsp3) is 0.435. The summed E-state index contributed by atoms with van der Waals surface area (Å²) in [6, 6.07) is 5.46. The second-order valence-electron chi connectivity index (χ2n) is 9.27. The normalized spacial score (nSPS) is 18.5. The first-order chi connectivity index (χ1) is 16.9. The molecule has 0 N–H and O–H groups in total. The molecule has 36 heavy (non-hydrogen) atoms. The summed E-state index contributed by atoms with van der Waals surface area (Å²) >= 11 is 6.03. The molecule has 0 spiro atoms. The summed E-state index contributed by atoms with van der Waals surface area (Å²) in [5, 5.41) is 4.62. The van der Waals surface area contributed by atoms with Crippen molar-refractivity contribution in [3.8, 4) is 0 Å². The van der Waals surface area contributed by atoms with Gasteiger partial charge in [0.25, 0.3) is 0 Å². The summed E-state index contributed by atoms with van der Waals surface area (Å²) in [7, 11) is -2.06. The van der Waals surface area contributed by atoms with Gasteiger partial charge in [-0.15, -0.1) is 0 Å². The van der Waals surface area contributed by atoms with Crippen molar-refractivity contribution in [3.05, 3.63) is 52.9 Å². The molecule has 0 saturated carbocycles. The van der Waals surface area contributed by atoms with Crippen LogP contribution < -0.4 is 4.90 Å². The molecular formula is C23H23ClF3N5O3S. The van der Waals surface area contributed by atoms with E-state index in [9.17, 15) is 26.4 Å². The lowest BCUT2D eigenvalue weighted by Gasteiger charge is -2.34. The SMILES string of the molecule is CN(C(=O)CC1CS(=O)(=O)C1)[C@@H](c1ccc(N2CCCc3c2cnc2cc(Cl)nn32)cc1)C(F)(F)F. The zero-order chi connectivity index (χ0) is 25.8. The third kappa shape index (κ3) is 4.63. The van der Waals surface area contributed by atoms with Crippen molar-refractivity contribution in [1.82, 2.24) is 19.5 Å². The molecule has 192 valence electrons. The number of halogens is 4. The van der Waals surface area contributed by atoms with Gasteiger partial charge in [0.1, 0.15) is 0 Å². The monoisotopic (exact) mass is 541 g/mol. The summed E-state index contributed by atoms with van der Waals surface area (Å²) in [5.41, 5.74) is 2.95. The predicted octanol–water partition coefficient (Wildman–Crippen LogP) is 3.96. The molecule has 0 radical (unpaired) electrons. The molecule has 4 heterocycles. The number of amides is 1. The molecule has 2 aliphatic rings. The number of hydrogen-bond donors (Lipinski definition) is 0. The Bertz CT molecular complexity index is 1410. The van der Waals surface area contributed by atoms with Gasteiger partial charge in [-0.1, -0.05) is 23.7 Å². The molecule has 0 unspecified atom stereocenters. The smallest absolute Gasteiger partial charge is 0.339 e. The summed E-state index contributed by atoms with van der Waals surface area (Å²) < 4.78 is 66.5. The van der Waals surface area contributed by atoms with Crippen molar-refractivity contribution in [2.75, 3.05) is 30.0 Å². The Hall–Kier alpha value is -2.86. The highest BCUT2D eigenvalue weighted by atomic mass is 35.5. The van der Waals surface area contributed by atoms with E-state index < -0.39 is 33.9 Å². The number of aryl methyl sites for hydroxylation is 1. The summed E-state index contributed by atoms with van der Waals surface area (Å²) in [5.74, 6) is -1.51. The van der Waals surface area contributed by atoms with Gasteiger partial charge in [-0.2, -0.15) is 18.3 Å². The number of carbonyl (C=O) groups excluding carboxylic acids is 1. The van der Waals surface area contributed by atoms with Gasteiger partial charge in [0, 0.05) is 31.8 Å². The molecule has 3 aromatic rings. The summed E-state index contributed by atoms with van der Waals surface area (Å²) in [6.07, 6.45) is -1.66. The average molecular weight is 542 g/mol. The molecule has 8 nitrogen and oxygen atoms in total. The van der Waals surface area contributed by atoms with Crippen LogP contribution >= 0.6 is 11.6 Å². The van der Waals surface area contributed by atoms with Gasteiger partial charge >= 0.3 is 6.18 Å². The van der Waals surface area contributed by atoms with Crippen LogP contribution in [0.4, 0.5) is 24.5 Å². The average Bonchev–Trinajstić information content (AvgIpc) is 3.18. The maximum atomic E-state index is 14.0. The van der Waals surface area contributed by atoms with Gasteiger partial charge < -0.3 is 9.80 Å². The largest absolute Gasteiger partial charge is 0.413 e.